The molecule has 0 fully saturated rings. The Morgan fingerprint density at radius 1 is 1.58 bits per heavy atom. The summed E-state index contributed by atoms with van der Waals surface area (Å²) in [6.45, 7) is 2.60. The van der Waals surface area contributed by atoms with Gasteiger partial charge in [0.15, 0.2) is 5.78 Å². The lowest BCUT2D eigenvalue weighted by molar-refractivity contribution is 0.0866. The molecule has 0 aliphatic rings. The standard InChI is InChI=1S/C13H16ClN3OS/c1-9(13(18)11-4-5-12(14)19-11)16(2)7-10-6-15-17(3)8-10/h4-6,8-9H,7H2,1-3H3. The summed E-state index contributed by atoms with van der Waals surface area (Å²) in [5.74, 6) is 0.100. The number of aryl methyl sites for hydroxylation is 1. The highest BCUT2D eigenvalue weighted by Gasteiger charge is 2.21. The smallest absolute Gasteiger partial charge is 0.189 e. The summed E-state index contributed by atoms with van der Waals surface area (Å²) in [5, 5.41) is 4.13. The van der Waals surface area contributed by atoms with Gasteiger partial charge in [-0.25, -0.2) is 0 Å². The molecule has 0 N–H and O–H groups in total. The van der Waals surface area contributed by atoms with E-state index in [4.69, 9.17) is 11.6 Å². The summed E-state index contributed by atoms with van der Waals surface area (Å²) in [5.41, 5.74) is 1.09. The van der Waals surface area contributed by atoms with Gasteiger partial charge in [-0.15, -0.1) is 11.3 Å². The number of hydrogen-bond donors (Lipinski definition) is 0. The first kappa shape index (κ1) is 14.2. The Hall–Kier alpha value is -1.17. The van der Waals surface area contributed by atoms with Crippen molar-refractivity contribution in [3.05, 3.63) is 39.3 Å². The lowest BCUT2D eigenvalue weighted by Crippen LogP contribution is -2.35. The molecular formula is C13H16ClN3OS. The summed E-state index contributed by atoms with van der Waals surface area (Å²) in [7, 11) is 3.82. The predicted octanol–water partition coefficient (Wildman–Crippen LogP) is 2.84. The zero-order valence-corrected chi connectivity index (χ0v) is 12.7. The van der Waals surface area contributed by atoms with Crippen LogP contribution < -0.4 is 0 Å². The fourth-order valence-electron chi connectivity index (χ4n) is 1.83. The van der Waals surface area contributed by atoms with Crippen LogP contribution in [0.5, 0.6) is 0 Å². The first-order valence-electron chi connectivity index (χ1n) is 5.94. The highest BCUT2D eigenvalue weighted by molar-refractivity contribution is 7.18. The van der Waals surface area contributed by atoms with Crippen molar-refractivity contribution >= 4 is 28.7 Å². The number of thiophene rings is 1. The summed E-state index contributed by atoms with van der Waals surface area (Å²) in [4.78, 5) is 15.0. The van der Waals surface area contributed by atoms with Crippen molar-refractivity contribution in [2.75, 3.05) is 7.05 Å². The van der Waals surface area contributed by atoms with Crippen LogP contribution in [-0.2, 0) is 13.6 Å². The molecule has 19 heavy (non-hydrogen) atoms. The van der Waals surface area contributed by atoms with Gasteiger partial charge >= 0.3 is 0 Å². The Bertz CT molecular complexity index is 578. The van der Waals surface area contributed by atoms with Gasteiger partial charge in [0.05, 0.1) is 21.5 Å². The number of hydrogen-bond acceptors (Lipinski definition) is 4. The van der Waals surface area contributed by atoms with Crippen LogP contribution in [0.3, 0.4) is 0 Å². The number of carbonyl (C=O) groups excluding carboxylic acids is 1. The van der Waals surface area contributed by atoms with Crippen molar-refractivity contribution in [2.24, 2.45) is 7.05 Å². The van der Waals surface area contributed by atoms with E-state index >= 15 is 0 Å². The second kappa shape index (κ2) is 5.86. The van der Waals surface area contributed by atoms with Crippen LogP contribution in [-0.4, -0.2) is 33.6 Å². The number of likely N-dealkylation sites (N-methyl/N-ethyl adjacent to an activating group) is 1. The zero-order chi connectivity index (χ0) is 14.0. The predicted molar refractivity (Wildman–Crippen MR) is 77.8 cm³/mol. The molecule has 0 aliphatic heterocycles. The van der Waals surface area contributed by atoms with E-state index in [-0.39, 0.29) is 11.8 Å². The van der Waals surface area contributed by atoms with E-state index < -0.39 is 0 Å². The Balaban J connectivity index is 2.02. The third-order valence-electron chi connectivity index (χ3n) is 3.05. The number of rotatable bonds is 5. The molecule has 0 amide bonds. The van der Waals surface area contributed by atoms with Crippen LogP contribution in [0.15, 0.2) is 24.5 Å². The average molecular weight is 298 g/mol. The molecule has 2 aromatic heterocycles. The van der Waals surface area contributed by atoms with Gasteiger partial charge in [-0.3, -0.25) is 14.4 Å². The molecule has 0 saturated carbocycles. The lowest BCUT2D eigenvalue weighted by atomic mass is 10.1. The molecule has 2 rings (SSSR count). The summed E-state index contributed by atoms with van der Waals surface area (Å²) in [6.07, 6.45) is 3.77. The van der Waals surface area contributed by atoms with Gasteiger partial charge in [0.25, 0.3) is 0 Å². The Morgan fingerprint density at radius 3 is 2.84 bits per heavy atom. The van der Waals surface area contributed by atoms with Gasteiger partial charge in [-0.1, -0.05) is 11.6 Å². The molecule has 1 unspecified atom stereocenters. The maximum absolute atomic E-state index is 12.3. The van der Waals surface area contributed by atoms with Crippen molar-refractivity contribution in [3.63, 3.8) is 0 Å². The average Bonchev–Trinajstić information content (AvgIpc) is 2.96. The Morgan fingerprint density at radius 2 is 2.32 bits per heavy atom. The number of nitrogens with zero attached hydrogens (tertiary/aromatic N) is 3. The van der Waals surface area contributed by atoms with Crippen molar-refractivity contribution in [2.45, 2.75) is 19.5 Å². The SMILES string of the molecule is CC(C(=O)c1ccc(Cl)s1)N(C)Cc1cnn(C)c1. The highest BCUT2D eigenvalue weighted by Crippen LogP contribution is 2.23. The third kappa shape index (κ3) is 3.43. The molecule has 102 valence electrons. The van der Waals surface area contributed by atoms with E-state index in [1.165, 1.54) is 11.3 Å². The fourth-order valence-corrected chi connectivity index (χ4v) is 2.90. The first-order valence-corrected chi connectivity index (χ1v) is 7.14. The summed E-state index contributed by atoms with van der Waals surface area (Å²) < 4.78 is 2.40. The number of carbonyl (C=O) groups is 1. The van der Waals surface area contributed by atoms with Crippen molar-refractivity contribution in [1.29, 1.82) is 0 Å². The van der Waals surface area contributed by atoms with Crippen LogP contribution in [0, 0.1) is 0 Å². The number of aromatic nitrogens is 2. The second-order valence-corrected chi connectivity index (χ2v) is 6.30. The minimum Gasteiger partial charge on any atom is -0.292 e. The highest BCUT2D eigenvalue weighted by atomic mass is 35.5. The van der Waals surface area contributed by atoms with Crippen LogP contribution in [0.25, 0.3) is 0 Å². The largest absolute Gasteiger partial charge is 0.292 e. The van der Waals surface area contributed by atoms with Crippen LogP contribution >= 0.6 is 22.9 Å². The van der Waals surface area contributed by atoms with Gasteiger partial charge in [-0.2, -0.15) is 5.10 Å². The lowest BCUT2D eigenvalue weighted by Gasteiger charge is -2.22. The van der Waals surface area contributed by atoms with Crippen LogP contribution in [0.2, 0.25) is 4.34 Å². The van der Waals surface area contributed by atoms with Gasteiger partial charge < -0.3 is 0 Å². The fraction of sp³-hybridized carbons (Fsp3) is 0.385. The van der Waals surface area contributed by atoms with E-state index in [2.05, 4.69) is 5.10 Å². The topological polar surface area (TPSA) is 38.1 Å². The molecule has 1 atom stereocenters. The number of halogens is 1. The van der Waals surface area contributed by atoms with Crippen molar-refractivity contribution in [1.82, 2.24) is 14.7 Å². The van der Waals surface area contributed by atoms with E-state index in [0.717, 1.165) is 5.56 Å². The van der Waals surface area contributed by atoms with E-state index in [1.807, 2.05) is 38.3 Å². The maximum Gasteiger partial charge on any atom is 0.189 e. The Kier molecular flexibility index (Phi) is 4.39. The van der Waals surface area contributed by atoms with Crippen LogP contribution in [0.1, 0.15) is 22.2 Å². The second-order valence-electron chi connectivity index (χ2n) is 4.58. The van der Waals surface area contributed by atoms with E-state index in [0.29, 0.717) is 15.8 Å². The molecule has 0 aromatic carbocycles. The quantitative estimate of drug-likeness (QED) is 0.797. The molecule has 2 aromatic rings. The monoisotopic (exact) mass is 297 g/mol. The summed E-state index contributed by atoms with van der Waals surface area (Å²) >= 11 is 7.19. The van der Waals surface area contributed by atoms with E-state index in [9.17, 15) is 4.79 Å². The zero-order valence-electron chi connectivity index (χ0n) is 11.1. The number of ketones is 1. The first-order chi connectivity index (χ1) is 8.97. The molecule has 0 spiro atoms. The molecule has 0 aliphatic carbocycles. The minimum absolute atomic E-state index is 0.100. The molecular weight excluding hydrogens is 282 g/mol. The third-order valence-corrected chi connectivity index (χ3v) is 4.29. The van der Waals surface area contributed by atoms with E-state index in [1.54, 1.807) is 16.8 Å². The molecule has 4 nitrogen and oxygen atoms in total. The number of Topliss-reactive ketones (excluding diaryl/α,β-unsaturated/α-hetero) is 1. The molecule has 0 radical (unpaired) electrons. The van der Waals surface area contributed by atoms with Crippen molar-refractivity contribution in [3.8, 4) is 0 Å². The van der Waals surface area contributed by atoms with Gasteiger partial charge in [0.2, 0.25) is 0 Å². The van der Waals surface area contributed by atoms with Crippen LogP contribution in [0.4, 0.5) is 0 Å². The molecule has 0 saturated heterocycles. The minimum atomic E-state index is -0.185. The normalized spacial score (nSPS) is 12.9. The Labute approximate surface area is 121 Å². The van der Waals surface area contributed by atoms with Gasteiger partial charge in [0.1, 0.15) is 0 Å². The van der Waals surface area contributed by atoms with Gasteiger partial charge in [0, 0.05) is 25.4 Å². The summed E-state index contributed by atoms with van der Waals surface area (Å²) in [6, 6.07) is 3.35. The molecule has 6 heteroatoms. The van der Waals surface area contributed by atoms with Gasteiger partial charge in [-0.05, 0) is 26.1 Å². The van der Waals surface area contributed by atoms with Crippen molar-refractivity contribution < 1.29 is 4.79 Å². The molecule has 0 bridgehead atoms. The molecule has 2 heterocycles. The maximum atomic E-state index is 12.3.